The number of carbonyl (C=O) groups is 4. The highest BCUT2D eigenvalue weighted by Crippen LogP contribution is 2.57. The average molecular weight is 607 g/mol. The SMILES string of the molecule is COc1cc(CNCC(N)=O)c(F)c2c1C(=O)C1=C(Oc3ccccc3)[C@]3(C)C(=O)C(C(N)=O)=C(O)[C@@H](N(C)C)[C@@H]3C[C@@H]1C2. The molecule has 4 atom stereocenters. The van der Waals surface area contributed by atoms with E-state index in [4.69, 9.17) is 20.9 Å². The van der Waals surface area contributed by atoms with Crippen molar-refractivity contribution in [2.45, 2.75) is 32.4 Å². The van der Waals surface area contributed by atoms with Gasteiger partial charge in [0, 0.05) is 29.2 Å². The average Bonchev–Trinajstić information content (AvgIpc) is 2.96. The molecule has 0 aromatic heterocycles. The first-order valence-electron chi connectivity index (χ1n) is 14.2. The van der Waals surface area contributed by atoms with Crippen LogP contribution in [0.25, 0.3) is 0 Å². The first-order chi connectivity index (χ1) is 20.8. The highest BCUT2D eigenvalue weighted by molar-refractivity contribution is 6.23. The summed E-state index contributed by atoms with van der Waals surface area (Å²) in [5.41, 5.74) is 9.20. The highest BCUT2D eigenvalue weighted by atomic mass is 19.1. The molecule has 0 unspecified atom stereocenters. The van der Waals surface area contributed by atoms with E-state index in [2.05, 4.69) is 5.32 Å². The van der Waals surface area contributed by atoms with Crippen LogP contribution >= 0.6 is 0 Å². The number of hydrogen-bond acceptors (Lipinski definition) is 9. The van der Waals surface area contributed by atoms with Gasteiger partial charge in [0.05, 0.1) is 30.7 Å². The molecule has 3 aliphatic carbocycles. The van der Waals surface area contributed by atoms with E-state index in [-0.39, 0.29) is 59.7 Å². The van der Waals surface area contributed by atoms with E-state index in [1.807, 2.05) is 0 Å². The number of benzene rings is 2. The van der Waals surface area contributed by atoms with Gasteiger partial charge >= 0.3 is 0 Å². The quantitative estimate of drug-likeness (QED) is 0.311. The number of amides is 2. The van der Waals surface area contributed by atoms with Crippen LogP contribution in [0.15, 0.2) is 59.1 Å². The number of hydrogen-bond donors (Lipinski definition) is 4. The van der Waals surface area contributed by atoms with E-state index >= 15 is 4.39 Å². The minimum atomic E-state index is -1.59. The van der Waals surface area contributed by atoms with Crippen molar-refractivity contribution in [3.8, 4) is 11.5 Å². The number of nitrogens with one attached hydrogen (secondary N) is 1. The van der Waals surface area contributed by atoms with Gasteiger partial charge in [-0.2, -0.15) is 0 Å². The lowest BCUT2D eigenvalue weighted by molar-refractivity contribution is -0.133. The van der Waals surface area contributed by atoms with E-state index < -0.39 is 63.8 Å². The lowest BCUT2D eigenvalue weighted by atomic mass is 9.54. The van der Waals surface area contributed by atoms with E-state index in [1.54, 1.807) is 56.3 Å². The monoisotopic (exact) mass is 606 g/mol. The van der Waals surface area contributed by atoms with Crippen molar-refractivity contribution in [2.75, 3.05) is 27.7 Å². The van der Waals surface area contributed by atoms with Crippen LogP contribution in [0.4, 0.5) is 4.39 Å². The first-order valence-corrected chi connectivity index (χ1v) is 14.2. The number of primary amides is 2. The number of halogens is 1. The zero-order valence-electron chi connectivity index (χ0n) is 24.9. The van der Waals surface area contributed by atoms with Crippen LogP contribution in [0.5, 0.6) is 11.5 Å². The Bertz CT molecular complexity index is 1630. The minimum Gasteiger partial charge on any atom is -0.510 e. The van der Waals surface area contributed by atoms with Gasteiger partial charge in [-0.25, -0.2) is 4.39 Å². The third kappa shape index (κ3) is 4.83. The fourth-order valence-corrected chi connectivity index (χ4v) is 6.99. The van der Waals surface area contributed by atoms with Crippen molar-refractivity contribution in [3.05, 3.63) is 81.6 Å². The Morgan fingerprint density at radius 1 is 1.18 bits per heavy atom. The predicted molar refractivity (Wildman–Crippen MR) is 157 cm³/mol. The number of ketones is 2. The van der Waals surface area contributed by atoms with Gasteiger partial charge in [-0.15, -0.1) is 0 Å². The molecule has 0 spiro atoms. The van der Waals surface area contributed by atoms with E-state index in [0.717, 1.165) is 0 Å². The van der Waals surface area contributed by atoms with Crippen molar-refractivity contribution in [1.82, 2.24) is 10.2 Å². The lowest BCUT2D eigenvalue weighted by Crippen LogP contribution is -2.59. The molecule has 0 fully saturated rings. The zero-order chi connectivity index (χ0) is 32.1. The normalized spacial score (nSPS) is 24.5. The largest absolute Gasteiger partial charge is 0.510 e. The Labute approximate surface area is 253 Å². The summed E-state index contributed by atoms with van der Waals surface area (Å²) in [6, 6.07) is 9.14. The second-order valence-electron chi connectivity index (χ2n) is 11.8. The Morgan fingerprint density at radius 2 is 1.86 bits per heavy atom. The Kier molecular flexibility index (Phi) is 8.08. The number of carbonyl (C=O) groups excluding carboxylic acids is 4. The number of aliphatic hydroxyl groups excluding tert-OH is 1. The number of allylic oxidation sites excluding steroid dienone is 2. The second-order valence-corrected chi connectivity index (χ2v) is 11.8. The molecule has 0 radical (unpaired) electrons. The Morgan fingerprint density at radius 3 is 2.45 bits per heavy atom. The third-order valence-corrected chi connectivity index (χ3v) is 8.94. The van der Waals surface area contributed by atoms with Crippen LogP contribution in [0.3, 0.4) is 0 Å². The third-order valence-electron chi connectivity index (χ3n) is 8.94. The van der Waals surface area contributed by atoms with Crippen LogP contribution < -0.4 is 26.3 Å². The summed E-state index contributed by atoms with van der Waals surface area (Å²) in [4.78, 5) is 54.1. The van der Waals surface area contributed by atoms with Crippen LogP contribution in [-0.4, -0.2) is 67.2 Å². The zero-order valence-corrected chi connectivity index (χ0v) is 24.9. The molecule has 6 N–H and O–H groups in total. The molecule has 2 aromatic rings. The molecule has 0 heterocycles. The summed E-state index contributed by atoms with van der Waals surface area (Å²) in [5, 5.41) is 14.0. The molecule has 11 nitrogen and oxygen atoms in total. The van der Waals surface area contributed by atoms with Gasteiger partial charge in [0.25, 0.3) is 5.91 Å². The molecule has 3 aliphatic rings. The first kappa shape index (κ1) is 30.9. The molecular weight excluding hydrogens is 571 g/mol. The van der Waals surface area contributed by atoms with Crippen LogP contribution in [0.2, 0.25) is 0 Å². The fourth-order valence-electron chi connectivity index (χ4n) is 6.99. The van der Waals surface area contributed by atoms with E-state index in [0.29, 0.717) is 5.75 Å². The number of Topliss-reactive ketones (excluding diaryl/α,β-unsaturated/α-hetero) is 2. The standard InChI is InChI=1S/C32H35FN4O7/c1-32-19(26(37(2)3)28(40)24(29(32)41)31(35)42)11-15-10-18-23(20(43-4)12-16(25(18)33)13-36-14-21(34)38)27(39)22(15)30(32)44-17-8-6-5-7-9-17/h5-9,12,15,19,26,36,40H,10-11,13-14H2,1-4H3,(H2,34,38)(H2,35,42)/t15-,19-,26-,32-/m0/s1. The maximum absolute atomic E-state index is 16.1. The topological polar surface area (TPSA) is 174 Å². The van der Waals surface area contributed by atoms with Crippen molar-refractivity contribution in [1.29, 1.82) is 0 Å². The van der Waals surface area contributed by atoms with Gasteiger partial charge in [-0.1, -0.05) is 18.2 Å². The molecule has 44 heavy (non-hydrogen) atoms. The molecule has 0 bridgehead atoms. The van der Waals surface area contributed by atoms with Gasteiger partial charge in [0.1, 0.15) is 34.4 Å². The Balaban J connectivity index is 1.76. The van der Waals surface area contributed by atoms with Gasteiger partial charge in [0.2, 0.25) is 5.91 Å². The van der Waals surface area contributed by atoms with Gasteiger partial charge in [-0.3, -0.25) is 24.1 Å². The molecule has 0 saturated carbocycles. The van der Waals surface area contributed by atoms with Gasteiger partial charge in [0.15, 0.2) is 11.6 Å². The molecule has 0 aliphatic heterocycles. The molecule has 0 saturated heterocycles. The smallest absolute Gasteiger partial charge is 0.255 e. The highest BCUT2D eigenvalue weighted by Gasteiger charge is 2.62. The summed E-state index contributed by atoms with van der Waals surface area (Å²) in [5.74, 6) is -4.89. The van der Waals surface area contributed by atoms with Crippen LogP contribution in [0.1, 0.15) is 34.8 Å². The number of nitrogens with two attached hydrogens (primary N) is 2. The number of aliphatic hydroxyl groups is 1. The van der Waals surface area contributed by atoms with Crippen molar-refractivity contribution in [3.63, 3.8) is 0 Å². The van der Waals surface area contributed by atoms with E-state index in [9.17, 15) is 24.3 Å². The number of methoxy groups -OCH3 is 1. The van der Waals surface area contributed by atoms with E-state index in [1.165, 1.54) is 13.2 Å². The number of rotatable bonds is 9. The molecule has 2 amide bonds. The number of ether oxygens (including phenoxy) is 2. The molecule has 232 valence electrons. The maximum Gasteiger partial charge on any atom is 0.255 e. The Hall–Kier alpha value is -4.55. The second kappa shape index (κ2) is 11.5. The van der Waals surface area contributed by atoms with Crippen molar-refractivity contribution in [2.24, 2.45) is 28.7 Å². The van der Waals surface area contributed by atoms with Crippen LogP contribution in [-0.2, 0) is 27.3 Å². The van der Waals surface area contributed by atoms with Gasteiger partial charge in [-0.05, 0) is 58.0 Å². The summed E-state index contributed by atoms with van der Waals surface area (Å²) in [6.45, 7) is 1.40. The summed E-state index contributed by atoms with van der Waals surface area (Å²) in [6.07, 6.45) is 0.257. The molecule has 2 aromatic carbocycles. The van der Waals surface area contributed by atoms with Crippen molar-refractivity contribution < 1.29 is 38.1 Å². The summed E-state index contributed by atoms with van der Waals surface area (Å²) < 4.78 is 28.1. The van der Waals surface area contributed by atoms with Crippen molar-refractivity contribution >= 4 is 23.4 Å². The minimum absolute atomic E-state index is 0.00652. The number of para-hydroxylation sites is 1. The lowest BCUT2D eigenvalue weighted by Gasteiger charge is -2.52. The summed E-state index contributed by atoms with van der Waals surface area (Å²) >= 11 is 0. The number of likely N-dealkylation sites (N-methyl/N-ethyl adjacent to an activating group) is 1. The summed E-state index contributed by atoms with van der Waals surface area (Å²) in [7, 11) is 4.76. The number of fused-ring (bicyclic) bond motifs is 3. The maximum atomic E-state index is 16.1. The molecular formula is C32H35FN4O7. The fraction of sp³-hybridized carbons (Fsp3) is 0.375. The van der Waals surface area contributed by atoms with Crippen LogP contribution in [0, 0.1) is 23.1 Å². The molecule has 12 heteroatoms. The number of nitrogens with zero attached hydrogens (tertiary/aromatic N) is 1. The molecule has 5 rings (SSSR count). The predicted octanol–water partition coefficient (Wildman–Crippen LogP) is 1.93. The van der Waals surface area contributed by atoms with Gasteiger partial charge < -0.3 is 31.4 Å².